The molecular weight excluding hydrogens is 302 g/mol. The molecule has 2 rings (SSSR count). The smallest absolute Gasteiger partial charge is 0.296 e. The molecule has 1 aromatic carbocycles. The highest BCUT2D eigenvalue weighted by molar-refractivity contribution is 7.86. The summed E-state index contributed by atoms with van der Waals surface area (Å²) >= 11 is 0. The fraction of sp³-hybridized carbons (Fsp3) is 0.333. The molecule has 0 N–H and O–H groups in total. The Morgan fingerprint density at radius 3 is 2.23 bits per heavy atom. The third-order valence-electron chi connectivity index (χ3n) is 3.32. The van der Waals surface area contributed by atoms with E-state index >= 15 is 0 Å². The molecule has 118 valence electrons. The summed E-state index contributed by atoms with van der Waals surface area (Å²) in [5.41, 5.74) is 2.76. The Balaban J connectivity index is 2.09. The summed E-state index contributed by atoms with van der Waals surface area (Å²) < 4.78 is 27.5. The summed E-state index contributed by atoms with van der Waals surface area (Å²) in [5.74, 6) is 0. The number of rotatable bonds is 5. The van der Waals surface area contributed by atoms with Crippen molar-refractivity contribution in [3.8, 4) is 0 Å². The van der Waals surface area contributed by atoms with E-state index < -0.39 is 10.1 Å². The van der Waals surface area contributed by atoms with Gasteiger partial charge in [0.1, 0.15) is 0 Å². The Kier molecular flexibility index (Phi) is 5.10. The van der Waals surface area contributed by atoms with Gasteiger partial charge in [0.05, 0.1) is 23.4 Å². The molecule has 0 radical (unpaired) electrons. The van der Waals surface area contributed by atoms with Crippen LogP contribution in [0, 0.1) is 0 Å². The van der Waals surface area contributed by atoms with Crippen molar-refractivity contribution in [1.29, 1.82) is 0 Å². The molecule has 0 amide bonds. The molecule has 6 nitrogen and oxygen atoms in total. The van der Waals surface area contributed by atoms with Crippen molar-refractivity contribution in [2.24, 2.45) is 10.2 Å². The van der Waals surface area contributed by atoms with Gasteiger partial charge in [0.2, 0.25) is 0 Å². The van der Waals surface area contributed by atoms with Crippen molar-refractivity contribution in [2.45, 2.75) is 17.7 Å². The predicted octanol–water partition coefficient (Wildman–Crippen LogP) is 3.23. The third kappa shape index (κ3) is 4.02. The van der Waals surface area contributed by atoms with E-state index in [4.69, 9.17) is 0 Å². The first-order chi connectivity index (χ1) is 10.4. The summed E-state index contributed by atoms with van der Waals surface area (Å²) in [6, 6.07) is 6.10. The van der Waals surface area contributed by atoms with Gasteiger partial charge in [-0.05, 0) is 49.3 Å². The average Bonchev–Trinajstić information content (AvgIpc) is 2.53. The lowest BCUT2D eigenvalue weighted by Gasteiger charge is -2.19. The van der Waals surface area contributed by atoms with Crippen molar-refractivity contribution in [3.05, 3.63) is 47.8 Å². The quantitative estimate of drug-likeness (QED) is 0.616. The molecule has 0 aromatic heterocycles. The van der Waals surface area contributed by atoms with E-state index in [-0.39, 0.29) is 4.90 Å². The summed E-state index contributed by atoms with van der Waals surface area (Å²) in [5, 5.41) is 8.33. The van der Waals surface area contributed by atoms with Crippen LogP contribution >= 0.6 is 0 Å². The van der Waals surface area contributed by atoms with Crippen molar-refractivity contribution in [2.75, 3.05) is 21.2 Å². The van der Waals surface area contributed by atoms with E-state index in [1.54, 1.807) is 12.1 Å². The molecule has 0 heterocycles. The summed E-state index contributed by atoms with van der Waals surface area (Å²) in [7, 11) is 1.50. The van der Waals surface area contributed by atoms with E-state index in [0.29, 0.717) is 5.69 Å². The van der Waals surface area contributed by atoms with Crippen LogP contribution < -0.4 is 0 Å². The van der Waals surface area contributed by atoms with Crippen LogP contribution in [-0.4, -0.2) is 34.5 Å². The van der Waals surface area contributed by atoms with Crippen LogP contribution in [0.15, 0.2) is 62.9 Å². The topological polar surface area (TPSA) is 71.3 Å². The lowest BCUT2D eigenvalue weighted by atomic mass is 10.1. The second-order valence-corrected chi connectivity index (χ2v) is 6.74. The lowest BCUT2D eigenvalue weighted by Crippen LogP contribution is -2.12. The molecule has 0 saturated heterocycles. The average molecular weight is 321 g/mol. The minimum atomic E-state index is -3.66. The van der Waals surface area contributed by atoms with Gasteiger partial charge in [-0.15, -0.1) is 0 Å². The van der Waals surface area contributed by atoms with Crippen molar-refractivity contribution < 1.29 is 12.6 Å². The predicted molar refractivity (Wildman–Crippen MR) is 84.2 cm³/mol. The molecular formula is C15H19N3O3S. The van der Waals surface area contributed by atoms with Crippen LogP contribution in [0.3, 0.4) is 0 Å². The summed E-state index contributed by atoms with van der Waals surface area (Å²) in [6.07, 6.45) is 5.75. The maximum Gasteiger partial charge on any atom is 0.296 e. The minimum absolute atomic E-state index is 0.101. The van der Waals surface area contributed by atoms with Gasteiger partial charge in [-0.1, -0.05) is 0 Å². The first kappa shape index (κ1) is 16.4. The number of allylic oxidation sites excluding steroid dienone is 4. The zero-order chi connectivity index (χ0) is 16.2. The molecule has 1 aromatic rings. The van der Waals surface area contributed by atoms with Crippen LogP contribution in [0.4, 0.5) is 5.69 Å². The molecule has 0 aliphatic heterocycles. The molecule has 7 heteroatoms. The van der Waals surface area contributed by atoms with Gasteiger partial charge in [-0.2, -0.15) is 18.6 Å². The molecule has 0 atom stereocenters. The zero-order valence-electron chi connectivity index (χ0n) is 12.9. The fourth-order valence-electron chi connectivity index (χ4n) is 1.97. The lowest BCUT2D eigenvalue weighted by molar-refractivity contribution is 0.398. The second kappa shape index (κ2) is 6.85. The Labute approximate surface area is 130 Å². The normalized spacial score (nSPS) is 15.6. The standard InChI is InChI=1S/C15H19N3O3S/c1-18(2)14-8-4-12(5-9-14)16-17-13-6-10-15(11-7-13)22(19,20)21-3/h4,6-8,10-11H,5,9H2,1-3H3. The summed E-state index contributed by atoms with van der Waals surface area (Å²) in [4.78, 5) is 2.18. The molecule has 0 spiro atoms. The van der Waals surface area contributed by atoms with Crippen molar-refractivity contribution >= 4 is 15.8 Å². The van der Waals surface area contributed by atoms with E-state index in [0.717, 1.165) is 25.6 Å². The van der Waals surface area contributed by atoms with Gasteiger partial charge in [-0.25, -0.2) is 0 Å². The Bertz CT molecular complexity index is 717. The van der Waals surface area contributed by atoms with Crippen molar-refractivity contribution in [3.63, 3.8) is 0 Å². The van der Waals surface area contributed by atoms with E-state index in [1.165, 1.54) is 17.8 Å². The maximum atomic E-state index is 11.5. The van der Waals surface area contributed by atoms with E-state index in [2.05, 4.69) is 19.3 Å². The fourth-order valence-corrected chi connectivity index (χ4v) is 2.63. The van der Waals surface area contributed by atoms with Crippen LogP contribution in [0.2, 0.25) is 0 Å². The first-order valence-electron chi connectivity index (χ1n) is 6.82. The van der Waals surface area contributed by atoms with Crippen LogP contribution in [-0.2, 0) is 14.3 Å². The highest BCUT2D eigenvalue weighted by atomic mass is 32.2. The molecule has 0 saturated carbocycles. The van der Waals surface area contributed by atoms with Gasteiger partial charge >= 0.3 is 0 Å². The number of nitrogens with zero attached hydrogens (tertiary/aromatic N) is 3. The molecule has 0 fully saturated rings. The monoisotopic (exact) mass is 321 g/mol. The number of hydrogen-bond acceptors (Lipinski definition) is 6. The van der Waals surface area contributed by atoms with Crippen LogP contribution in [0.25, 0.3) is 0 Å². The van der Waals surface area contributed by atoms with Gasteiger partial charge in [0.25, 0.3) is 10.1 Å². The minimum Gasteiger partial charge on any atom is -0.381 e. The number of hydrogen-bond donors (Lipinski definition) is 0. The third-order valence-corrected chi connectivity index (χ3v) is 4.61. The first-order valence-corrected chi connectivity index (χ1v) is 8.23. The Morgan fingerprint density at radius 2 is 1.73 bits per heavy atom. The molecule has 1 aliphatic rings. The van der Waals surface area contributed by atoms with E-state index in [9.17, 15) is 8.42 Å². The molecule has 22 heavy (non-hydrogen) atoms. The highest BCUT2D eigenvalue weighted by Crippen LogP contribution is 2.23. The highest BCUT2D eigenvalue weighted by Gasteiger charge is 2.12. The van der Waals surface area contributed by atoms with Gasteiger partial charge in [0, 0.05) is 19.8 Å². The number of benzene rings is 1. The second-order valence-electron chi connectivity index (χ2n) is 5.03. The Hall–Kier alpha value is -1.99. The van der Waals surface area contributed by atoms with Crippen LogP contribution in [0.5, 0.6) is 0 Å². The molecule has 0 unspecified atom stereocenters. The largest absolute Gasteiger partial charge is 0.381 e. The number of azo groups is 1. The van der Waals surface area contributed by atoms with Crippen LogP contribution in [0.1, 0.15) is 12.8 Å². The van der Waals surface area contributed by atoms with E-state index in [1.807, 2.05) is 26.2 Å². The van der Waals surface area contributed by atoms with Gasteiger partial charge in [0.15, 0.2) is 0 Å². The van der Waals surface area contributed by atoms with Crippen molar-refractivity contribution in [1.82, 2.24) is 4.90 Å². The molecule has 1 aliphatic carbocycles. The Morgan fingerprint density at radius 1 is 1.05 bits per heavy atom. The zero-order valence-corrected chi connectivity index (χ0v) is 13.7. The summed E-state index contributed by atoms with van der Waals surface area (Å²) in [6.45, 7) is 0. The SMILES string of the molecule is COS(=O)(=O)c1ccc(N=NC2=CC=C(N(C)C)CC2)cc1. The maximum absolute atomic E-state index is 11.5. The van der Waals surface area contributed by atoms with Gasteiger partial charge in [-0.3, -0.25) is 4.18 Å². The van der Waals surface area contributed by atoms with Gasteiger partial charge < -0.3 is 4.90 Å². The molecule has 0 bridgehead atoms.